The van der Waals surface area contributed by atoms with Crippen LogP contribution in [0.25, 0.3) is 0 Å². The van der Waals surface area contributed by atoms with Crippen molar-refractivity contribution in [3.05, 3.63) is 47.2 Å². The summed E-state index contributed by atoms with van der Waals surface area (Å²) in [6.07, 6.45) is 0.906. The van der Waals surface area contributed by atoms with Gasteiger partial charge in [-0.05, 0) is 24.1 Å². The number of carboxylic acid groups (broad SMARTS) is 1. The van der Waals surface area contributed by atoms with E-state index in [1.165, 1.54) is 6.07 Å². The molecule has 3 N–H and O–H groups in total. The smallest absolute Gasteiger partial charge is 0.353 e. The first kappa shape index (κ1) is 12.8. The topological polar surface area (TPSA) is 95.1 Å². The van der Waals surface area contributed by atoms with Crippen molar-refractivity contribution in [2.75, 3.05) is 5.32 Å². The van der Waals surface area contributed by atoms with Gasteiger partial charge in [-0.3, -0.25) is 9.89 Å². The summed E-state index contributed by atoms with van der Waals surface area (Å²) >= 11 is 0. The molecule has 1 aromatic carbocycles. The van der Waals surface area contributed by atoms with Crippen molar-refractivity contribution in [2.45, 2.75) is 13.3 Å². The fourth-order valence-corrected chi connectivity index (χ4v) is 1.58. The number of anilines is 1. The van der Waals surface area contributed by atoms with Crippen molar-refractivity contribution in [1.82, 2.24) is 10.2 Å². The highest BCUT2D eigenvalue weighted by Gasteiger charge is 2.11. The van der Waals surface area contributed by atoms with Gasteiger partial charge in [0.1, 0.15) is 5.69 Å². The van der Waals surface area contributed by atoms with E-state index in [2.05, 4.69) is 15.5 Å². The van der Waals surface area contributed by atoms with E-state index in [9.17, 15) is 9.59 Å². The van der Waals surface area contributed by atoms with Gasteiger partial charge in [-0.25, -0.2) is 4.79 Å². The Morgan fingerprint density at radius 1 is 1.32 bits per heavy atom. The van der Waals surface area contributed by atoms with E-state index in [1.54, 1.807) is 12.1 Å². The Hall–Kier alpha value is -2.63. The van der Waals surface area contributed by atoms with Gasteiger partial charge in [-0.15, -0.1) is 0 Å². The summed E-state index contributed by atoms with van der Waals surface area (Å²) in [5.74, 6) is -1.27. The maximum Gasteiger partial charge on any atom is 0.353 e. The van der Waals surface area contributed by atoms with Crippen LogP contribution in [0.15, 0.2) is 30.3 Å². The van der Waals surface area contributed by atoms with E-state index in [1.807, 2.05) is 19.1 Å². The highest BCUT2D eigenvalue weighted by atomic mass is 16.4. The normalized spacial score (nSPS) is 10.2. The quantitative estimate of drug-likeness (QED) is 0.781. The molecule has 6 nitrogen and oxygen atoms in total. The van der Waals surface area contributed by atoms with Crippen molar-refractivity contribution in [3.8, 4) is 0 Å². The molecular formula is C13H13N3O3. The minimum Gasteiger partial charge on any atom is -0.477 e. The first-order valence-corrected chi connectivity index (χ1v) is 5.79. The number of aryl methyl sites for hydroxylation is 1. The predicted octanol–water partition coefficient (Wildman–Crippen LogP) is 1.92. The molecular weight excluding hydrogens is 246 g/mol. The Bertz CT molecular complexity index is 602. The summed E-state index contributed by atoms with van der Waals surface area (Å²) in [6.45, 7) is 2.03. The number of hydrogen-bond acceptors (Lipinski definition) is 3. The lowest BCUT2D eigenvalue weighted by atomic mass is 10.1. The highest BCUT2D eigenvalue weighted by molar-refractivity contribution is 6.04. The van der Waals surface area contributed by atoms with Crippen LogP contribution < -0.4 is 5.32 Å². The Kier molecular flexibility index (Phi) is 3.61. The summed E-state index contributed by atoms with van der Waals surface area (Å²) in [6, 6.07) is 8.46. The number of rotatable bonds is 4. The van der Waals surface area contributed by atoms with Gasteiger partial charge < -0.3 is 10.4 Å². The van der Waals surface area contributed by atoms with Crippen LogP contribution in [0.5, 0.6) is 0 Å². The molecule has 0 atom stereocenters. The number of carbonyl (C=O) groups excluding carboxylic acids is 1. The second kappa shape index (κ2) is 5.34. The molecule has 0 saturated carbocycles. The van der Waals surface area contributed by atoms with Crippen LogP contribution in [0.2, 0.25) is 0 Å². The van der Waals surface area contributed by atoms with Crippen molar-refractivity contribution >= 4 is 17.7 Å². The molecule has 1 heterocycles. The number of aromatic amines is 1. The molecule has 1 amide bonds. The van der Waals surface area contributed by atoms with E-state index in [0.717, 1.165) is 12.0 Å². The van der Waals surface area contributed by atoms with Crippen LogP contribution >= 0.6 is 0 Å². The SMILES string of the molecule is CCc1ccc(C(=O)Nc2cc(C(=O)O)[nH]n2)cc1. The third-order valence-corrected chi connectivity index (χ3v) is 2.67. The molecule has 2 aromatic rings. The van der Waals surface area contributed by atoms with Crippen LogP contribution in [0.3, 0.4) is 0 Å². The van der Waals surface area contributed by atoms with Crippen LogP contribution in [0, 0.1) is 0 Å². The van der Waals surface area contributed by atoms with Gasteiger partial charge >= 0.3 is 5.97 Å². The Morgan fingerprint density at radius 2 is 2.00 bits per heavy atom. The molecule has 0 aliphatic rings. The minimum absolute atomic E-state index is 0.0726. The standard InChI is InChI=1S/C13H13N3O3/c1-2-8-3-5-9(6-4-8)12(17)14-11-7-10(13(18)19)15-16-11/h3-7H,2H2,1H3,(H,18,19)(H2,14,15,16,17). The lowest BCUT2D eigenvalue weighted by Crippen LogP contribution is -2.12. The van der Waals surface area contributed by atoms with Crippen LogP contribution in [0.4, 0.5) is 5.82 Å². The third-order valence-electron chi connectivity index (χ3n) is 2.67. The number of nitrogens with one attached hydrogen (secondary N) is 2. The average Bonchev–Trinajstić information content (AvgIpc) is 2.87. The molecule has 98 valence electrons. The maximum atomic E-state index is 11.9. The molecule has 0 radical (unpaired) electrons. The molecule has 2 rings (SSSR count). The summed E-state index contributed by atoms with van der Waals surface area (Å²) in [5, 5.41) is 17.3. The average molecular weight is 259 g/mol. The number of H-pyrrole nitrogens is 1. The molecule has 0 saturated heterocycles. The van der Waals surface area contributed by atoms with Crippen LogP contribution in [-0.2, 0) is 6.42 Å². The van der Waals surface area contributed by atoms with Gasteiger partial charge in [0.15, 0.2) is 5.82 Å². The lowest BCUT2D eigenvalue weighted by molar-refractivity contribution is 0.0690. The van der Waals surface area contributed by atoms with Crippen molar-refractivity contribution in [1.29, 1.82) is 0 Å². The van der Waals surface area contributed by atoms with Crippen molar-refractivity contribution in [2.24, 2.45) is 0 Å². The fourth-order valence-electron chi connectivity index (χ4n) is 1.58. The molecule has 1 aromatic heterocycles. The number of carboxylic acids is 1. The predicted molar refractivity (Wildman–Crippen MR) is 69.3 cm³/mol. The molecule has 6 heteroatoms. The molecule has 0 bridgehead atoms. The maximum absolute atomic E-state index is 11.9. The monoisotopic (exact) mass is 259 g/mol. The van der Waals surface area contributed by atoms with Crippen molar-refractivity contribution < 1.29 is 14.7 Å². The fraction of sp³-hybridized carbons (Fsp3) is 0.154. The molecule has 0 aliphatic carbocycles. The number of hydrogen-bond donors (Lipinski definition) is 3. The summed E-state index contributed by atoms with van der Waals surface area (Å²) in [4.78, 5) is 22.5. The first-order valence-electron chi connectivity index (χ1n) is 5.79. The number of aromatic nitrogens is 2. The second-order valence-corrected chi connectivity index (χ2v) is 3.98. The molecule has 0 fully saturated rings. The van der Waals surface area contributed by atoms with Crippen LogP contribution in [-0.4, -0.2) is 27.2 Å². The summed E-state index contributed by atoms with van der Waals surface area (Å²) < 4.78 is 0. The van der Waals surface area contributed by atoms with E-state index in [0.29, 0.717) is 5.56 Å². The summed E-state index contributed by atoms with van der Waals surface area (Å²) in [7, 11) is 0. The Labute approximate surface area is 109 Å². The number of benzene rings is 1. The van der Waals surface area contributed by atoms with Crippen molar-refractivity contribution in [3.63, 3.8) is 0 Å². The van der Waals surface area contributed by atoms with Gasteiger partial charge in [-0.1, -0.05) is 19.1 Å². The van der Waals surface area contributed by atoms with E-state index in [4.69, 9.17) is 5.11 Å². The van der Waals surface area contributed by atoms with E-state index >= 15 is 0 Å². The minimum atomic E-state index is -1.12. The van der Waals surface area contributed by atoms with Gasteiger partial charge in [0, 0.05) is 11.6 Å². The van der Waals surface area contributed by atoms with E-state index < -0.39 is 5.97 Å². The Balaban J connectivity index is 2.08. The number of amides is 1. The zero-order chi connectivity index (χ0) is 13.8. The first-order chi connectivity index (χ1) is 9.10. The largest absolute Gasteiger partial charge is 0.477 e. The van der Waals surface area contributed by atoms with Gasteiger partial charge in [0.05, 0.1) is 0 Å². The number of aromatic carboxylic acids is 1. The second-order valence-electron chi connectivity index (χ2n) is 3.98. The zero-order valence-corrected chi connectivity index (χ0v) is 10.3. The van der Waals surface area contributed by atoms with Gasteiger partial charge in [0.2, 0.25) is 0 Å². The van der Waals surface area contributed by atoms with Gasteiger partial charge in [0.25, 0.3) is 5.91 Å². The molecule has 19 heavy (non-hydrogen) atoms. The van der Waals surface area contributed by atoms with Gasteiger partial charge in [-0.2, -0.15) is 5.10 Å². The number of nitrogens with zero attached hydrogens (tertiary/aromatic N) is 1. The third kappa shape index (κ3) is 2.98. The molecule has 0 spiro atoms. The Morgan fingerprint density at radius 3 is 2.53 bits per heavy atom. The van der Waals surface area contributed by atoms with Crippen LogP contribution in [0.1, 0.15) is 33.3 Å². The summed E-state index contributed by atoms with van der Waals surface area (Å²) in [5.41, 5.74) is 1.57. The molecule has 0 unspecified atom stereocenters. The highest BCUT2D eigenvalue weighted by Crippen LogP contribution is 2.10. The zero-order valence-electron chi connectivity index (χ0n) is 10.3. The lowest BCUT2D eigenvalue weighted by Gasteiger charge is -2.02. The molecule has 0 aliphatic heterocycles. The number of carbonyl (C=O) groups is 2. The van der Waals surface area contributed by atoms with E-state index in [-0.39, 0.29) is 17.4 Å².